The summed E-state index contributed by atoms with van der Waals surface area (Å²) in [5.41, 5.74) is 2.07. The van der Waals surface area contributed by atoms with Gasteiger partial charge in [-0.2, -0.15) is 0 Å². The maximum Gasteiger partial charge on any atom is 0.270 e. The van der Waals surface area contributed by atoms with Crippen LogP contribution in [-0.4, -0.2) is 28.9 Å². The lowest BCUT2D eigenvalue weighted by Crippen LogP contribution is -2.34. The fraction of sp³-hybridized carbons (Fsp3) is 0.211. The van der Waals surface area contributed by atoms with E-state index in [1.807, 2.05) is 37.3 Å². The number of fused-ring (bicyclic) bond motifs is 1. The normalized spacial score (nSPS) is 12.1. The molecular formula is C19H19N3O3. The number of methoxy groups -OCH3 is 1. The zero-order valence-corrected chi connectivity index (χ0v) is 14.1. The van der Waals surface area contributed by atoms with Gasteiger partial charge < -0.3 is 10.1 Å². The average Bonchev–Trinajstić information content (AvgIpc) is 2.63. The Morgan fingerprint density at radius 1 is 1.28 bits per heavy atom. The summed E-state index contributed by atoms with van der Waals surface area (Å²) in [5, 5.41) is 2.75. The van der Waals surface area contributed by atoms with Crippen LogP contribution >= 0.6 is 0 Å². The predicted octanol–water partition coefficient (Wildman–Crippen LogP) is 2.12. The molecule has 1 amide bonds. The molecule has 6 heteroatoms. The predicted molar refractivity (Wildman–Crippen MR) is 94.7 cm³/mol. The van der Waals surface area contributed by atoms with Crippen LogP contribution in [0, 0.1) is 6.92 Å². The Hall–Kier alpha value is -2.99. The molecule has 0 radical (unpaired) electrons. The summed E-state index contributed by atoms with van der Waals surface area (Å²) in [7, 11) is 1.58. The van der Waals surface area contributed by atoms with E-state index in [1.165, 1.54) is 10.6 Å². The van der Waals surface area contributed by atoms with E-state index < -0.39 is 11.5 Å². The van der Waals surface area contributed by atoms with Gasteiger partial charge in [0.1, 0.15) is 11.2 Å². The number of carbonyl (C=O) groups excluding carboxylic acids is 1. The van der Waals surface area contributed by atoms with E-state index in [4.69, 9.17) is 4.74 Å². The molecule has 6 nitrogen and oxygen atoms in total. The van der Waals surface area contributed by atoms with Crippen molar-refractivity contribution in [1.82, 2.24) is 14.7 Å². The smallest absolute Gasteiger partial charge is 0.270 e. The molecule has 2 aromatic heterocycles. The highest BCUT2D eigenvalue weighted by atomic mass is 16.5. The minimum atomic E-state index is -0.467. The lowest BCUT2D eigenvalue weighted by Gasteiger charge is -2.16. The zero-order chi connectivity index (χ0) is 17.8. The summed E-state index contributed by atoms with van der Waals surface area (Å²) in [6, 6.07) is 13.2. The van der Waals surface area contributed by atoms with E-state index >= 15 is 0 Å². The number of benzene rings is 1. The monoisotopic (exact) mass is 337 g/mol. The van der Waals surface area contributed by atoms with Crippen molar-refractivity contribution in [2.75, 3.05) is 13.7 Å². The first-order valence-electron chi connectivity index (χ1n) is 7.94. The minimum Gasteiger partial charge on any atom is -0.375 e. The number of hydrogen-bond acceptors (Lipinski definition) is 4. The van der Waals surface area contributed by atoms with Crippen molar-refractivity contribution in [3.63, 3.8) is 0 Å². The number of nitrogens with zero attached hydrogens (tertiary/aromatic N) is 2. The number of aromatic nitrogens is 2. The molecule has 1 unspecified atom stereocenters. The molecule has 3 rings (SSSR count). The molecule has 3 aromatic rings. The fourth-order valence-electron chi connectivity index (χ4n) is 2.62. The standard InChI is InChI=1S/C19H19N3O3/c1-13-8-9-22-17(10-13)20-11-15(19(22)24)18(23)21-12-16(25-2)14-6-4-3-5-7-14/h3-11,16H,12H2,1-2H3,(H,21,23). The van der Waals surface area contributed by atoms with Gasteiger partial charge in [0.05, 0.1) is 6.10 Å². The summed E-state index contributed by atoms with van der Waals surface area (Å²) in [6.45, 7) is 2.18. The molecule has 0 saturated heterocycles. The van der Waals surface area contributed by atoms with E-state index in [-0.39, 0.29) is 18.2 Å². The largest absolute Gasteiger partial charge is 0.375 e. The van der Waals surface area contributed by atoms with Crippen LogP contribution in [0.5, 0.6) is 0 Å². The molecule has 0 aliphatic heterocycles. The molecule has 2 heterocycles. The topological polar surface area (TPSA) is 72.7 Å². The van der Waals surface area contributed by atoms with Gasteiger partial charge in [-0.05, 0) is 30.2 Å². The second-order valence-electron chi connectivity index (χ2n) is 5.75. The maximum absolute atomic E-state index is 12.5. The van der Waals surface area contributed by atoms with Crippen LogP contribution in [0.25, 0.3) is 5.65 Å². The molecule has 0 spiro atoms. The third-order valence-corrected chi connectivity index (χ3v) is 4.01. The van der Waals surface area contributed by atoms with Gasteiger partial charge in [-0.1, -0.05) is 30.3 Å². The van der Waals surface area contributed by atoms with E-state index in [9.17, 15) is 9.59 Å². The van der Waals surface area contributed by atoms with Crippen LogP contribution < -0.4 is 10.9 Å². The first kappa shape index (κ1) is 16.9. The van der Waals surface area contributed by atoms with Crippen molar-refractivity contribution in [2.45, 2.75) is 13.0 Å². The Morgan fingerprint density at radius 3 is 2.76 bits per heavy atom. The minimum absolute atomic E-state index is 0.00395. The number of carbonyl (C=O) groups is 1. The molecule has 128 valence electrons. The number of ether oxygens (including phenoxy) is 1. The van der Waals surface area contributed by atoms with Gasteiger partial charge in [-0.15, -0.1) is 0 Å². The second-order valence-corrected chi connectivity index (χ2v) is 5.75. The lowest BCUT2D eigenvalue weighted by molar-refractivity contribution is 0.0826. The van der Waals surface area contributed by atoms with E-state index in [2.05, 4.69) is 10.3 Å². The molecule has 1 atom stereocenters. The van der Waals surface area contributed by atoms with E-state index in [0.717, 1.165) is 11.1 Å². The summed E-state index contributed by atoms with van der Waals surface area (Å²) in [6.07, 6.45) is 2.65. The summed E-state index contributed by atoms with van der Waals surface area (Å²) in [4.78, 5) is 29.1. The summed E-state index contributed by atoms with van der Waals surface area (Å²) in [5.74, 6) is -0.467. The van der Waals surface area contributed by atoms with Crippen LogP contribution in [0.15, 0.2) is 59.7 Å². The molecule has 0 aliphatic rings. The highest BCUT2D eigenvalue weighted by Gasteiger charge is 2.16. The Bertz CT molecular complexity index is 951. The van der Waals surface area contributed by atoms with E-state index in [0.29, 0.717) is 5.65 Å². The third-order valence-electron chi connectivity index (χ3n) is 4.01. The van der Waals surface area contributed by atoms with Crippen LogP contribution in [0.3, 0.4) is 0 Å². The number of pyridine rings is 1. The average molecular weight is 337 g/mol. The van der Waals surface area contributed by atoms with Gasteiger partial charge in [-0.25, -0.2) is 4.98 Å². The van der Waals surface area contributed by atoms with Gasteiger partial charge >= 0.3 is 0 Å². The van der Waals surface area contributed by atoms with Crippen molar-refractivity contribution < 1.29 is 9.53 Å². The summed E-state index contributed by atoms with van der Waals surface area (Å²) >= 11 is 0. The third kappa shape index (κ3) is 3.59. The molecule has 0 fully saturated rings. The zero-order valence-electron chi connectivity index (χ0n) is 14.1. The van der Waals surface area contributed by atoms with Crippen LogP contribution in [-0.2, 0) is 4.74 Å². The Balaban J connectivity index is 1.79. The molecule has 1 aromatic carbocycles. The Labute approximate surface area is 145 Å². The lowest BCUT2D eigenvalue weighted by atomic mass is 10.1. The Kier molecular flexibility index (Phi) is 4.90. The second kappa shape index (κ2) is 7.27. The van der Waals surface area contributed by atoms with Crippen LogP contribution in [0.1, 0.15) is 27.6 Å². The SMILES string of the molecule is COC(CNC(=O)c1cnc2cc(C)ccn2c1=O)c1ccccc1. The summed E-state index contributed by atoms with van der Waals surface area (Å²) < 4.78 is 6.79. The highest BCUT2D eigenvalue weighted by molar-refractivity contribution is 5.93. The van der Waals surface area contributed by atoms with Gasteiger partial charge in [0.2, 0.25) is 0 Å². The Morgan fingerprint density at radius 2 is 2.04 bits per heavy atom. The number of aryl methyl sites for hydroxylation is 1. The molecule has 1 N–H and O–H groups in total. The van der Waals surface area contributed by atoms with E-state index in [1.54, 1.807) is 25.4 Å². The fourth-order valence-corrected chi connectivity index (χ4v) is 2.62. The number of rotatable bonds is 5. The quantitative estimate of drug-likeness (QED) is 0.774. The van der Waals surface area contributed by atoms with Gasteiger partial charge in [0.25, 0.3) is 11.5 Å². The molecule has 0 bridgehead atoms. The first-order chi connectivity index (χ1) is 12.1. The number of amides is 1. The van der Waals surface area contributed by atoms with Crippen molar-refractivity contribution in [2.24, 2.45) is 0 Å². The molecule has 0 saturated carbocycles. The first-order valence-corrected chi connectivity index (χ1v) is 7.94. The maximum atomic E-state index is 12.5. The number of hydrogen-bond donors (Lipinski definition) is 1. The van der Waals surface area contributed by atoms with Crippen molar-refractivity contribution in [3.8, 4) is 0 Å². The van der Waals surface area contributed by atoms with Crippen LogP contribution in [0.2, 0.25) is 0 Å². The molecule has 0 aliphatic carbocycles. The van der Waals surface area contributed by atoms with Crippen molar-refractivity contribution in [1.29, 1.82) is 0 Å². The molecular weight excluding hydrogens is 318 g/mol. The van der Waals surface area contributed by atoms with Gasteiger partial charge in [0, 0.05) is 26.0 Å². The van der Waals surface area contributed by atoms with Crippen LogP contribution in [0.4, 0.5) is 0 Å². The van der Waals surface area contributed by atoms with Gasteiger partial charge in [0.15, 0.2) is 0 Å². The van der Waals surface area contributed by atoms with Crippen molar-refractivity contribution >= 4 is 11.6 Å². The highest BCUT2D eigenvalue weighted by Crippen LogP contribution is 2.15. The molecule has 25 heavy (non-hydrogen) atoms. The van der Waals surface area contributed by atoms with Crippen molar-refractivity contribution in [3.05, 3.63) is 81.9 Å². The van der Waals surface area contributed by atoms with Gasteiger partial charge in [-0.3, -0.25) is 14.0 Å². The number of nitrogens with one attached hydrogen (secondary N) is 1.